The molecular weight excluding hydrogens is 354 g/mol. The molecule has 0 saturated carbocycles. The molecule has 0 aliphatic heterocycles. The van der Waals surface area contributed by atoms with Gasteiger partial charge < -0.3 is 5.32 Å². The van der Waals surface area contributed by atoms with Crippen molar-refractivity contribution in [2.45, 2.75) is 13.5 Å². The maximum absolute atomic E-state index is 12.7. The van der Waals surface area contributed by atoms with Gasteiger partial charge in [-0.3, -0.25) is 24.0 Å². The summed E-state index contributed by atoms with van der Waals surface area (Å²) in [5.41, 5.74) is 3.73. The first-order valence-corrected chi connectivity index (χ1v) is 8.74. The zero-order valence-electron chi connectivity index (χ0n) is 15.2. The first-order valence-electron chi connectivity index (χ1n) is 8.74. The summed E-state index contributed by atoms with van der Waals surface area (Å²) in [7, 11) is 0. The van der Waals surface area contributed by atoms with Gasteiger partial charge in [0.1, 0.15) is 0 Å². The summed E-state index contributed by atoms with van der Waals surface area (Å²) in [5.74, 6) is -0.294. The highest BCUT2D eigenvalue weighted by atomic mass is 16.1. The van der Waals surface area contributed by atoms with Crippen LogP contribution in [0.2, 0.25) is 0 Å². The van der Waals surface area contributed by atoms with Crippen molar-refractivity contribution in [1.29, 1.82) is 0 Å². The normalized spacial score (nSPS) is 10.8. The van der Waals surface area contributed by atoms with Crippen molar-refractivity contribution in [2.24, 2.45) is 0 Å². The van der Waals surface area contributed by atoms with E-state index in [4.69, 9.17) is 0 Å². The van der Waals surface area contributed by atoms with Crippen LogP contribution in [0.25, 0.3) is 16.9 Å². The average molecular weight is 371 g/mol. The molecule has 0 aliphatic rings. The lowest BCUT2D eigenvalue weighted by atomic mass is 10.1. The van der Waals surface area contributed by atoms with E-state index in [1.165, 1.54) is 10.5 Å². The molecule has 0 fully saturated rings. The van der Waals surface area contributed by atoms with Crippen LogP contribution in [0.4, 0.5) is 0 Å². The van der Waals surface area contributed by atoms with Gasteiger partial charge in [-0.05, 0) is 48.9 Å². The fraction of sp³-hybridized carbons (Fsp3) is 0.0952. The van der Waals surface area contributed by atoms with E-state index in [-0.39, 0.29) is 11.5 Å². The van der Waals surface area contributed by atoms with E-state index in [1.807, 2.05) is 24.3 Å². The van der Waals surface area contributed by atoms with E-state index in [2.05, 4.69) is 20.3 Å². The number of carbonyl (C=O) groups excluding carboxylic acids is 1. The number of pyridine rings is 3. The van der Waals surface area contributed by atoms with Crippen LogP contribution in [0.1, 0.15) is 21.6 Å². The van der Waals surface area contributed by atoms with Gasteiger partial charge in [-0.25, -0.2) is 4.98 Å². The number of carbonyl (C=O) groups is 1. The number of hydrogen-bond acceptors (Lipinski definition) is 5. The molecule has 1 amide bonds. The third-order valence-electron chi connectivity index (χ3n) is 4.32. The number of amides is 1. The number of nitrogens with one attached hydrogen (secondary N) is 1. The molecule has 4 aromatic rings. The Morgan fingerprint density at radius 1 is 1.11 bits per heavy atom. The van der Waals surface area contributed by atoms with Crippen molar-refractivity contribution in [3.63, 3.8) is 0 Å². The largest absolute Gasteiger partial charge is 0.348 e. The summed E-state index contributed by atoms with van der Waals surface area (Å²) in [4.78, 5) is 37.6. The highest BCUT2D eigenvalue weighted by molar-refractivity contribution is 5.99. The minimum atomic E-state index is -0.294. The molecule has 4 heterocycles. The summed E-state index contributed by atoms with van der Waals surface area (Å²) >= 11 is 0. The highest BCUT2D eigenvalue weighted by Gasteiger charge is 2.13. The molecule has 0 aromatic carbocycles. The molecule has 0 aliphatic carbocycles. The predicted molar refractivity (Wildman–Crippen MR) is 105 cm³/mol. The summed E-state index contributed by atoms with van der Waals surface area (Å²) in [6.07, 6.45) is 6.73. The van der Waals surface area contributed by atoms with Gasteiger partial charge in [-0.1, -0.05) is 0 Å². The Labute approximate surface area is 160 Å². The first-order chi connectivity index (χ1) is 13.6. The quantitative estimate of drug-likeness (QED) is 0.595. The molecule has 1 N–H and O–H groups in total. The van der Waals surface area contributed by atoms with Crippen molar-refractivity contribution in [1.82, 2.24) is 24.7 Å². The zero-order valence-corrected chi connectivity index (χ0v) is 15.2. The molecule has 7 nitrogen and oxygen atoms in total. The Kier molecular flexibility index (Phi) is 4.63. The van der Waals surface area contributed by atoms with Crippen LogP contribution in [-0.4, -0.2) is 25.3 Å². The van der Waals surface area contributed by atoms with Crippen LogP contribution in [0.15, 0.2) is 72.0 Å². The van der Waals surface area contributed by atoms with Crippen LogP contribution >= 0.6 is 0 Å². The number of hydrogen-bond donors (Lipinski definition) is 1. The van der Waals surface area contributed by atoms with Crippen molar-refractivity contribution in [3.8, 4) is 11.3 Å². The molecule has 0 saturated heterocycles. The van der Waals surface area contributed by atoms with E-state index in [1.54, 1.807) is 43.8 Å². The second-order valence-corrected chi connectivity index (χ2v) is 6.32. The maximum Gasteiger partial charge on any atom is 0.258 e. The number of fused-ring (bicyclic) bond motifs is 1. The number of rotatable bonds is 4. The monoisotopic (exact) mass is 371 g/mol. The molecule has 4 aromatic heterocycles. The number of nitrogens with zero attached hydrogens (tertiary/aromatic N) is 4. The van der Waals surface area contributed by atoms with Crippen LogP contribution in [0.5, 0.6) is 0 Å². The Hall–Kier alpha value is -3.87. The van der Waals surface area contributed by atoms with Crippen LogP contribution < -0.4 is 10.9 Å². The third-order valence-corrected chi connectivity index (χ3v) is 4.32. The summed E-state index contributed by atoms with van der Waals surface area (Å²) in [5, 5.41) is 2.89. The van der Waals surface area contributed by atoms with Gasteiger partial charge in [-0.2, -0.15) is 0 Å². The molecule has 0 unspecified atom stereocenters. The second-order valence-electron chi connectivity index (χ2n) is 6.32. The van der Waals surface area contributed by atoms with Crippen LogP contribution in [-0.2, 0) is 6.54 Å². The molecule has 28 heavy (non-hydrogen) atoms. The van der Waals surface area contributed by atoms with Gasteiger partial charge in [0.15, 0.2) is 5.65 Å². The molecule has 0 spiro atoms. The van der Waals surface area contributed by atoms with Crippen LogP contribution in [0, 0.1) is 6.92 Å². The SMILES string of the molecule is Cc1cc(=O)n2cccc(C(=O)NCc3ccnc(-c4ccncc4)c3)c2n1. The molecule has 138 valence electrons. The fourth-order valence-corrected chi connectivity index (χ4v) is 2.96. The Bertz CT molecular complexity index is 1220. The van der Waals surface area contributed by atoms with Crippen molar-refractivity contribution < 1.29 is 4.79 Å². The Morgan fingerprint density at radius 2 is 1.93 bits per heavy atom. The minimum absolute atomic E-state index is 0.215. The number of aromatic nitrogens is 4. The Morgan fingerprint density at radius 3 is 2.75 bits per heavy atom. The van der Waals surface area contributed by atoms with E-state index >= 15 is 0 Å². The topological polar surface area (TPSA) is 89.2 Å². The number of aryl methyl sites for hydroxylation is 1. The third kappa shape index (κ3) is 3.50. The van der Waals surface area contributed by atoms with E-state index in [9.17, 15) is 9.59 Å². The molecule has 0 bridgehead atoms. The standard InChI is InChI=1S/C21H17N5O2/c1-14-11-19(27)26-10-2-3-17(20(26)25-14)21(28)24-13-15-4-9-23-18(12-15)16-5-7-22-8-6-16/h2-12H,13H2,1H3,(H,24,28). The lowest BCUT2D eigenvalue weighted by molar-refractivity contribution is 0.0952. The summed E-state index contributed by atoms with van der Waals surface area (Å²) < 4.78 is 1.37. The average Bonchev–Trinajstić information content (AvgIpc) is 2.72. The van der Waals surface area contributed by atoms with Crippen molar-refractivity contribution in [3.05, 3.63) is 94.4 Å². The molecular formula is C21H17N5O2. The summed E-state index contributed by atoms with van der Waals surface area (Å²) in [6.45, 7) is 2.06. The van der Waals surface area contributed by atoms with Gasteiger partial charge in [0.2, 0.25) is 0 Å². The van der Waals surface area contributed by atoms with Gasteiger partial charge in [-0.15, -0.1) is 0 Å². The molecule has 7 heteroatoms. The zero-order chi connectivity index (χ0) is 19.5. The summed E-state index contributed by atoms with van der Waals surface area (Å²) in [6, 6.07) is 12.3. The second kappa shape index (κ2) is 7.40. The fourth-order valence-electron chi connectivity index (χ4n) is 2.96. The van der Waals surface area contributed by atoms with E-state index in [0.29, 0.717) is 23.4 Å². The Balaban J connectivity index is 1.58. The smallest absolute Gasteiger partial charge is 0.258 e. The minimum Gasteiger partial charge on any atom is -0.348 e. The van der Waals surface area contributed by atoms with E-state index < -0.39 is 0 Å². The highest BCUT2D eigenvalue weighted by Crippen LogP contribution is 2.16. The van der Waals surface area contributed by atoms with Gasteiger partial charge in [0, 0.05) is 48.7 Å². The van der Waals surface area contributed by atoms with Crippen molar-refractivity contribution >= 4 is 11.6 Å². The predicted octanol–water partition coefficient (Wildman–Crippen LogP) is 2.39. The first kappa shape index (κ1) is 17.5. The maximum atomic E-state index is 12.7. The van der Waals surface area contributed by atoms with Crippen molar-refractivity contribution in [2.75, 3.05) is 0 Å². The van der Waals surface area contributed by atoms with Crippen LogP contribution in [0.3, 0.4) is 0 Å². The molecule has 4 rings (SSSR count). The lowest BCUT2D eigenvalue weighted by Crippen LogP contribution is -2.25. The lowest BCUT2D eigenvalue weighted by Gasteiger charge is -2.09. The molecule has 0 atom stereocenters. The molecule has 0 radical (unpaired) electrons. The van der Waals surface area contributed by atoms with E-state index in [0.717, 1.165) is 16.8 Å². The van der Waals surface area contributed by atoms with Gasteiger partial charge >= 0.3 is 0 Å². The van der Waals surface area contributed by atoms with Gasteiger partial charge in [0.05, 0.1) is 11.3 Å². The van der Waals surface area contributed by atoms with Gasteiger partial charge in [0.25, 0.3) is 11.5 Å².